The molecule has 0 aromatic carbocycles. The van der Waals surface area contributed by atoms with Gasteiger partial charge in [-0.2, -0.15) is 0 Å². The Bertz CT molecular complexity index is 361. The van der Waals surface area contributed by atoms with Crippen LogP contribution in [0, 0.1) is 0 Å². The van der Waals surface area contributed by atoms with Crippen molar-refractivity contribution in [1.29, 1.82) is 0 Å². The average Bonchev–Trinajstić information content (AvgIpc) is 2.93. The molecule has 3 heteroatoms. The lowest BCUT2D eigenvalue weighted by atomic mass is 9.99. The number of pyridine rings is 1. The zero-order valence-electron chi connectivity index (χ0n) is 11.5. The van der Waals surface area contributed by atoms with Crippen molar-refractivity contribution in [3.8, 4) is 0 Å². The predicted molar refractivity (Wildman–Crippen MR) is 73.6 cm³/mol. The monoisotopic (exact) mass is 248 g/mol. The molecular weight excluding hydrogens is 224 g/mol. The molecule has 0 radical (unpaired) electrons. The fourth-order valence-electron chi connectivity index (χ4n) is 2.71. The van der Waals surface area contributed by atoms with E-state index in [0.29, 0.717) is 12.1 Å². The summed E-state index contributed by atoms with van der Waals surface area (Å²) in [5.41, 5.74) is 2.56. The predicted octanol–water partition coefficient (Wildman–Crippen LogP) is 2.86. The maximum absolute atomic E-state index is 5.69. The number of nitrogens with zero attached hydrogens (tertiary/aromatic N) is 1. The van der Waals surface area contributed by atoms with Crippen LogP contribution in [-0.2, 0) is 11.2 Å². The zero-order chi connectivity index (χ0) is 12.8. The number of aryl methyl sites for hydroxylation is 1. The number of rotatable bonds is 6. The molecule has 2 atom stereocenters. The van der Waals surface area contributed by atoms with E-state index in [0.717, 1.165) is 25.9 Å². The van der Waals surface area contributed by atoms with Crippen molar-refractivity contribution in [2.45, 2.75) is 51.2 Å². The highest BCUT2D eigenvalue weighted by molar-refractivity contribution is 5.22. The molecule has 3 nitrogen and oxygen atoms in total. The summed E-state index contributed by atoms with van der Waals surface area (Å²) in [6.07, 6.45) is 8.08. The van der Waals surface area contributed by atoms with Crippen LogP contribution in [-0.4, -0.2) is 24.7 Å². The first kappa shape index (κ1) is 13.5. The minimum Gasteiger partial charge on any atom is -0.378 e. The Morgan fingerprint density at radius 1 is 1.56 bits per heavy atom. The lowest BCUT2D eigenvalue weighted by Gasteiger charge is -2.20. The third-order valence-corrected chi connectivity index (χ3v) is 3.79. The molecule has 1 N–H and O–H groups in total. The van der Waals surface area contributed by atoms with Gasteiger partial charge in [-0.15, -0.1) is 0 Å². The van der Waals surface area contributed by atoms with E-state index in [1.54, 1.807) is 0 Å². The molecule has 1 fully saturated rings. The maximum Gasteiger partial charge on any atom is 0.0604 e. The van der Waals surface area contributed by atoms with Gasteiger partial charge in [-0.1, -0.05) is 13.0 Å². The lowest BCUT2D eigenvalue weighted by molar-refractivity contribution is 0.0997. The molecule has 1 aromatic rings. The van der Waals surface area contributed by atoms with Crippen molar-refractivity contribution >= 4 is 0 Å². The van der Waals surface area contributed by atoms with E-state index in [4.69, 9.17) is 4.74 Å². The van der Waals surface area contributed by atoms with Crippen molar-refractivity contribution in [2.24, 2.45) is 0 Å². The molecular formula is C15H24N2O. The van der Waals surface area contributed by atoms with Gasteiger partial charge >= 0.3 is 0 Å². The minimum absolute atomic E-state index is 0.352. The molecule has 1 aliphatic heterocycles. The van der Waals surface area contributed by atoms with E-state index >= 15 is 0 Å². The molecule has 0 amide bonds. The SMILES string of the molecule is CCc1cccnc1C(CCC1CCCO1)NC. The molecule has 0 saturated carbocycles. The molecule has 0 spiro atoms. The number of nitrogens with one attached hydrogen (secondary N) is 1. The van der Waals surface area contributed by atoms with Crippen molar-refractivity contribution in [3.63, 3.8) is 0 Å². The largest absolute Gasteiger partial charge is 0.378 e. The highest BCUT2D eigenvalue weighted by atomic mass is 16.5. The third kappa shape index (κ3) is 3.30. The summed E-state index contributed by atoms with van der Waals surface area (Å²) < 4.78 is 5.69. The van der Waals surface area contributed by atoms with Gasteiger partial charge in [-0.3, -0.25) is 4.98 Å². The molecule has 18 heavy (non-hydrogen) atoms. The van der Waals surface area contributed by atoms with Crippen molar-refractivity contribution in [1.82, 2.24) is 10.3 Å². The molecule has 2 heterocycles. The van der Waals surface area contributed by atoms with Crippen LogP contribution >= 0.6 is 0 Å². The normalized spacial score (nSPS) is 21.1. The van der Waals surface area contributed by atoms with Crippen molar-refractivity contribution in [3.05, 3.63) is 29.6 Å². The van der Waals surface area contributed by atoms with Gasteiger partial charge < -0.3 is 10.1 Å². The Labute approximate surface area is 110 Å². The Balaban J connectivity index is 1.98. The second-order valence-electron chi connectivity index (χ2n) is 4.95. The number of aromatic nitrogens is 1. The van der Waals surface area contributed by atoms with Gasteiger partial charge in [-0.25, -0.2) is 0 Å². The van der Waals surface area contributed by atoms with Gasteiger partial charge in [0.15, 0.2) is 0 Å². The summed E-state index contributed by atoms with van der Waals surface area (Å²) in [5, 5.41) is 3.40. The van der Waals surface area contributed by atoms with Gasteiger partial charge in [0, 0.05) is 18.8 Å². The standard InChI is InChI=1S/C15H24N2O/c1-3-12-6-4-10-17-15(12)14(16-2)9-8-13-7-5-11-18-13/h4,6,10,13-14,16H,3,5,7-9,11H2,1-2H3. The summed E-state index contributed by atoms with van der Waals surface area (Å²) in [7, 11) is 2.02. The van der Waals surface area contributed by atoms with Crippen molar-refractivity contribution < 1.29 is 4.74 Å². The van der Waals surface area contributed by atoms with Gasteiger partial charge in [0.1, 0.15) is 0 Å². The Morgan fingerprint density at radius 2 is 2.44 bits per heavy atom. The first-order valence-corrected chi connectivity index (χ1v) is 7.07. The summed E-state index contributed by atoms with van der Waals surface area (Å²) >= 11 is 0. The van der Waals surface area contributed by atoms with Gasteiger partial charge in [0.05, 0.1) is 11.8 Å². The molecule has 100 valence electrons. The van der Waals surface area contributed by atoms with Crippen LogP contribution in [0.15, 0.2) is 18.3 Å². The van der Waals surface area contributed by atoms with E-state index in [1.807, 2.05) is 19.3 Å². The van der Waals surface area contributed by atoms with E-state index in [-0.39, 0.29) is 0 Å². The molecule has 2 unspecified atom stereocenters. The Kier molecular flexibility index (Phi) is 5.14. The molecule has 1 aliphatic rings. The average molecular weight is 248 g/mol. The highest BCUT2D eigenvalue weighted by Crippen LogP contribution is 2.24. The van der Waals surface area contributed by atoms with E-state index in [9.17, 15) is 0 Å². The van der Waals surface area contributed by atoms with Gasteiger partial charge in [-0.05, 0) is 50.8 Å². The second kappa shape index (κ2) is 6.86. The molecule has 2 rings (SSSR count). The first-order chi connectivity index (χ1) is 8.85. The van der Waals surface area contributed by atoms with E-state index in [2.05, 4.69) is 23.3 Å². The molecule has 1 saturated heterocycles. The van der Waals surface area contributed by atoms with Crippen LogP contribution in [0.4, 0.5) is 0 Å². The number of hydrogen-bond donors (Lipinski definition) is 1. The quantitative estimate of drug-likeness (QED) is 0.840. The third-order valence-electron chi connectivity index (χ3n) is 3.79. The second-order valence-corrected chi connectivity index (χ2v) is 4.95. The van der Waals surface area contributed by atoms with Crippen LogP contribution in [0.25, 0.3) is 0 Å². The van der Waals surface area contributed by atoms with E-state index < -0.39 is 0 Å². The summed E-state index contributed by atoms with van der Waals surface area (Å²) in [6, 6.07) is 4.55. The topological polar surface area (TPSA) is 34.1 Å². The van der Waals surface area contributed by atoms with Crippen LogP contribution in [0.2, 0.25) is 0 Å². The lowest BCUT2D eigenvalue weighted by Crippen LogP contribution is -2.21. The van der Waals surface area contributed by atoms with E-state index in [1.165, 1.54) is 24.1 Å². The van der Waals surface area contributed by atoms with Crippen LogP contribution < -0.4 is 5.32 Å². The molecule has 1 aromatic heterocycles. The molecule has 0 aliphatic carbocycles. The minimum atomic E-state index is 0.352. The van der Waals surface area contributed by atoms with Crippen molar-refractivity contribution in [2.75, 3.05) is 13.7 Å². The first-order valence-electron chi connectivity index (χ1n) is 7.07. The molecule has 0 bridgehead atoms. The highest BCUT2D eigenvalue weighted by Gasteiger charge is 2.19. The zero-order valence-corrected chi connectivity index (χ0v) is 11.5. The van der Waals surface area contributed by atoms with Gasteiger partial charge in [0.25, 0.3) is 0 Å². The fourth-order valence-corrected chi connectivity index (χ4v) is 2.71. The summed E-state index contributed by atoms with van der Waals surface area (Å²) in [6.45, 7) is 3.13. The fraction of sp³-hybridized carbons (Fsp3) is 0.667. The summed E-state index contributed by atoms with van der Waals surface area (Å²) in [5.74, 6) is 0. The van der Waals surface area contributed by atoms with Crippen LogP contribution in [0.5, 0.6) is 0 Å². The maximum atomic E-state index is 5.69. The Hall–Kier alpha value is -0.930. The van der Waals surface area contributed by atoms with Crippen LogP contribution in [0.1, 0.15) is 49.9 Å². The van der Waals surface area contributed by atoms with Gasteiger partial charge in [0.2, 0.25) is 0 Å². The van der Waals surface area contributed by atoms with Crippen LogP contribution in [0.3, 0.4) is 0 Å². The Morgan fingerprint density at radius 3 is 3.11 bits per heavy atom. The summed E-state index contributed by atoms with van der Waals surface area (Å²) in [4.78, 5) is 4.56. The number of ether oxygens (including phenoxy) is 1. The number of hydrogen-bond acceptors (Lipinski definition) is 3. The smallest absolute Gasteiger partial charge is 0.0604 e.